The van der Waals surface area contributed by atoms with Gasteiger partial charge in [-0.05, 0) is 54.8 Å². The molecule has 1 aromatic carbocycles. The zero-order valence-corrected chi connectivity index (χ0v) is 13.4. The second-order valence-corrected chi connectivity index (χ2v) is 7.03. The Bertz CT molecular complexity index is 458. The fourth-order valence-corrected chi connectivity index (χ4v) is 3.80. The molecule has 1 aliphatic rings. The van der Waals surface area contributed by atoms with Gasteiger partial charge in [-0.2, -0.15) is 0 Å². The fourth-order valence-electron chi connectivity index (χ4n) is 3.64. The predicted molar refractivity (Wildman–Crippen MR) is 83.7 cm³/mol. The second-order valence-electron chi connectivity index (χ2n) is 6.59. The van der Waals surface area contributed by atoms with Crippen LogP contribution in [0, 0.1) is 17.2 Å². The Morgan fingerprint density at radius 3 is 2.75 bits per heavy atom. The number of rotatable bonds is 5. The molecule has 1 aromatic rings. The molecule has 0 amide bonds. The van der Waals surface area contributed by atoms with Crippen LogP contribution in [0.5, 0.6) is 0 Å². The molecular formula is C17H25ClFN. The number of halogens is 2. The fraction of sp³-hybridized carbons (Fsp3) is 0.647. The first-order valence-electron chi connectivity index (χ1n) is 7.61. The summed E-state index contributed by atoms with van der Waals surface area (Å²) in [4.78, 5) is 0. The Labute approximate surface area is 126 Å². The van der Waals surface area contributed by atoms with Crippen molar-refractivity contribution in [3.8, 4) is 0 Å². The summed E-state index contributed by atoms with van der Waals surface area (Å²) < 4.78 is 14.0. The van der Waals surface area contributed by atoms with Crippen LogP contribution < -0.4 is 5.32 Å². The summed E-state index contributed by atoms with van der Waals surface area (Å²) in [5, 5.41) is 4.04. The minimum atomic E-state index is -0.184. The molecule has 0 bridgehead atoms. The van der Waals surface area contributed by atoms with E-state index in [-0.39, 0.29) is 5.82 Å². The molecule has 112 valence electrons. The van der Waals surface area contributed by atoms with Gasteiger partial charge in [-0.3, -0.25) is 0 Å². The van der Waals surface area contributed by atoms with Crippen molar-refractivity contribution in [2.75, 3.05) is 6.54 Å². The predicted octanol–water partition coefficient (Wildman–Crippen LogP) is 4.83. The summed E-state index contributed by atoms with van der Waals surface area (Å²) in [5.41, 5.74) is 1.11. The number of hydrogen-bond acceptors (Lipinski definition) is 1. The third-order valence-electron chi connectivity index (χ3n) is 4.75. The van der Waals surface area contributed by atoms with E-state index in [0.717, 1.165) is 18.5 Å². The van der Waals surface area contributed by atoms with Crippen molar-refractivity contribution in [3.63, 3.8) is 0 Å². The SMILES string of the molecule is CCNC(Cc1ccc(Cl)cc1F)C1CCCC1(C)C. The van der Waals surface area contributed by atoms with Crippen molar-refractivity contribution in [3.05, 3.63) is 34.6 Å². The molecule has 1 nitrogen and oxygen atoms in total. The smallest absolute Gasteiger partial charge is 0.127 e. The molecule has 3 heteroatoms. The minimum absolute atomic E-state index is 0.184. The van der Waals surface area contributed by atoms with Gasteiger partial charge in [0, 0.05) is 11.1 Å². The molecule has 2 rings (SSSR count). The van der Waals surface area contributed by atoms with Crippen molar-refractivity contribution < 1.29 is 4.39 Å². The summed E-state index contributed by atoms with van der Waals surface area (Å²) in [6.07, 6.45) is 4.52. The summed E-state index contributed by atoms with van der Waals surface area (Å²) in [5.74, 6) is 0.425. The van der Waals surface area contributed by atoms with Crippen LogP contribution in [0.3, 0.4) is 0 Å². The van der Waals surface area contributed by atoms with Gasteiger partial charge in [-0.1, -0.05) is 44.9 Å². The summed E-state index contributed by atoms with van der Waals surface area (Å²) in [7, 11) is 0. The Hall–Kier alpha value is -0.600. The quantitative estimate of drug-likeness (QED) is 0.821. The highest BCUT2D eigenvalue weighted by Crippen LogP contribution is 2.45. The Balaban J connectivity index is 2.17. The van der Waals surface area contributed by atoms with Crippen LogP contribution in [0.1, 0.15) is 45.6 Å². The molecule has 0 saturated heterocycles. The van der Waals surface area contributed by atoms with E-state index in [1.165, 1.54) is 25.3 Å². The number of hydrogen-bond donors (Lipinski definition) is 1. The van der Waals surface area contributed by atoms with Crippen LogP contribution >= 0.6 is 11.6 Å². The highest BCUT2D eigenvalue weighted by molar-refractivity contribution is 6.30. The van der Waals surface area contributed by atoms with E-state index in [9.17, 15) is 4.39 Å². The Morgan fingerprint density at radius 1 is 1.45 bits per heavy atom. The van der Waals surface area contributed by atoms with Gasteiger partial charge in [0.25, 0.3) is 0 Å². The van der Waals surface area contributed by atoms with E-state index in [2.05, 4.69) is 26.1 Å². The van der Waals surface area contributed by atoms with E-state index >= 15 is 0 Å². The Morgan fingerprint density at radius 2 is 2.20 bits per heavy atom. The first-order chi connectivity index (χ1) is 9.44. The molecule has 20 heavy (non-hydrogen) atoms. The van der Waals surface area contributed by atoms with Gasteiger partial charge in [0.1, 0.15) is 5.82 Å². The number of nitrogens with one attached hydrogen (secondary N) is 1. The van der Waals surface area contributed by atoms with E-state index in [1.807, 2.05) is 6.07 Å². The molecule has 2 atom stereocenters. The molecule has 2 unspecified atom stereocenters. The van der Waals surface area contributed by atoms with Gasteiger partial charge < -0.3 is 5.32 Å². The number of likely N-dealkylation sites (N-methyl/N-ethyl adjacent to an activating group) is 1. The standard InChI is InChI=1S/C17H25ClFN/c1-4-20-16(14-6-5-9-17(14,2)3)10-12-7-8-13(18)11-15(12)19/h7-8,11,14,16,20H,4-6,9-10H2,1-3H3. The van der Waals surface area contributed by atoms with Gasteiger partial charge in [0.15, 0.2) is 0 Å². The highest BCUT2D eigenvalue weighted by atomic mass is 35.5. The van der Waals surface area contributed by atoms with Crippen molar-refractivity contribution in [2.24, 2.45) is 11.3 Å². The molecule has 0 spiro atoms. The molecule has 0 aliphatic heterocycles. The lowest BCUT2D eigenvalue weighted by Gasteiger charge is -2.35. The zero-order chi connectivity index (χ0) is 14.8. The maximum atomic E-state index is 14.0. The van der Waals surface area contributed by atoms with Gasteiger partial charge >= 0.3 is 0 Å². The van der Waals surface area contributed by atoms with Gasteiger partial charge in [-0.25, -0.2) is 4.39 Å². The average molecular weight is 298 g/mol. The van der Waals surface area contributed by atoms with Gasteiger partial charge in [-0.15, -0.1) is 0 Å². The van der Waals surface area contributed by atoms with Crippen LogP contribution in [0.2, 0.25) is 5.02 Å². The third-order valence-corrected chi connectivity index (χ3v) is 4.98. The molecule has 0 heterocycles. The average Bonchev–Trinajstić information content (AvgIpc) is 2.71. The molecular weight excluding hydrogens is 273 g/mol. The lowest BCUT2D eigenvalue weighted by molar-refractivity contribution is 0.196. The topological polar surface area (TPSA) is 12.0 Å². The van der Waals surface area contributed by atoms with Crippen LogP contribution in [0.4, 0.5) is 4.39 Å². The van der Waals surface area contributed by atoms with Crippen molar-refractivity contribution in [2.45, 2.75) is 52.5 Å². The summed E-state index contributed by atoms with van der Waals surface area (Å²) >= 11 is 5.83. The minimum Gasteiger partial charge on any atom is -0.314 e. The first kappa shape index (κ1) is 15.8. The van der Waals surface area contributed by atoms with E-state index in [4.69, 9.17) is 11.6 Å². The summed E-state index contributed by atoms with van der Waals surface area (Å²) in [6, 6.07) is 5.36. The molecule has 1 aliphatic carbocycles. The molecule has 1 saturated carbocycles. The van der Waals surface area contributed by atoms with Crippen LogP contribution in [-0.4, -0.2) is 12.6 Å². The van der Waals surface area contributed by atoms with Crippen LogP contribution in [-0.2, 0) is 6.42 Å². The molecule has 0 aromatic heterocycles. The molecule has 0 radical (unpaired) electrons. The third kappa shape index (κ3) is 3.53. The maximum Gasteiger partial charge on any atom is 0.127 e. The summed E-state index contributed by atoms with van der Waals surface area (Å²) in [6.45, 7) is 7.72. The zero-order valence-electron chi connectivity index (χ0n) is 12.7. The van der Waals surface area contributed by atoms with Crippen LogP contribution in [0.25, 0.3) is 0 Å². The first-order valence-corrected chi connectivity index (χ1v) is 7.99. The Kier molecular flexibility index (Phi) is 5.09. The van der Waals surface area contributed by atoms with Crippen molar-refractivity contribution >= 4 is 11.6 Å². The van der Waals surface area contributed by atoms with Crippen molar-refractivity contribution in [1.82, 2.24) is 5.32 Å². The second kappa shape index (κ2) is 6.44. The van der Waals surface area contributed by atoms with Gasteiger partial charge in [0.05, 0.1) is 0 Å². The normalized spacial score (nSPS) is 22.9. The lowest BCUT2D eigenvalue weighted by atomic mass is 9.76. The number of benzene rings is 1. The monoisotopic (exact) mass is 297 g/mol. The highest BCUT2D eigenvalue weighted by Gasteiger charge is 2.39. The van der Waals surface area contributed by atoms with Crippen LogP contribution in [0.15, 0.2) is 18.2 Å². The van der Waals surface area contributed by atoms with Gasteiger partial charge in [0.2, 0.25) is 0 Å². The van der Waals surface area contributed by atoms with E-state index in [1.54, 1.807) is 6.07 Å². The molecule has 1 N–H and O–H groups in total. The largest absolute Gasteiger partial charge is 0.314 e. The lowest BCUT2D eigenvalue weighted by Crippen LogP contribution is -2.42. The van der Waals surface area contributed by atoms with E-state index in [0.29, 0.717) is 22.4 Å². The van der Waals surface area contributed by atoms with Crippen molar-refractivity contribution in [1.29, 1.82) is 0 Å². The maximum absolute atomic E-state index is 14.0. The molecule has 1 fully saturated rings. The van der Waals surface area contributed by atoms with E-state index < -0.39 is 0 Å².